The molecule has 2 heteroatoms. The van der Waals surface area contributed by atoms with Crippen molar-refractivity contribution >= 4 is 5.78 Å². The number of allylic oxidation sites excluding steroid dienone is 1. The van der Waals surface area contributed by atoms with E-state index in [1.54, 1.807) is 12.5 Å². The summed E-state index contributed by atoms with van der Waals surface area (Å²) < 4.78 is 0. The van der Waals surface area contributed by atoms with Crippen molar-refractivity contribution in [3.8, 4) is 0 Å². The Morgan fingerprint density at radius 2 is 1.89 bits per heavy atom. The highest BCUT2D eigenvalue weighted by molar-refractivity contribution is 5.75. The molecule has 4 aliphatic carbocycles. The molecule has 152 valence electrons. The van der Waals surface area contributed by atoms with Crippen molar-refractivity contribution in [1.29, 1.82) is 0 Å². The molecule has 0 aromatic heterocycles. The van der Waals surface area contributed by atoms with Gasteiger partial charge in [-0.2, -0.15) is 0 Å². The molecule has 4 rings (SSSR count). The number of rotatable bonds is 4. The quantitative estimate of drug-likeness (QED) is 0.621. The maximum atomic E-state index is 11.4. The van der Waals surface area contributed by atoms with Gasteiger partial charge in [0.2, 0.25) is 0 Å². The first-order chi connectivity index (χ1) is 12.7. The van der Waals surface area contributed by atoms with E-state index >= 15 is 0 Å². The number of aliphatic hydroxyl groups is 1. The van der Waals surface area contributed by atoms with Crippen LogP contribution in [-0.2, 0) is 4.79 Å². The number of Topliss-reactive ketones (excluding diaryl/α,β-unsaturated/α-hetero) is 1. The number of ketones is 1. The summed E-state index contributed by atoms with van der Waals surface area (Å²) in [6.45, 7) is 8.70. The lowest BCUT2D eigenvalue weighted by Gasteiger charge is -2.56. The zero-order chi connectivity index (χ0) is 19.4. The van der Waals surface area contributed by atoms with Crippen LogP contribution >= 0.6 is 0 Å². The molecular formula is C25H40O2. The molecule has 3 saturated carbocycles. The largest absolute Gasteiger partial charge is 0.390 e. The fraction of sp³-hybridized carbons (Fsp3) is 0.880. The zero-order valence-corrected chi connectivity index (χ0v) is 18.0. The van der Waals surface area contributed by atoms with E-state index in [0.29, 0.717) is 17.1 Å². The molecule has 0 radical (unpaired) electrons. The van der Waals surface area contributed by atoms with Gasteiger partial charge in [0.15, 0.2) is 0 Å². The summed E-state index contributed by atoms with van der Waals surface area (Å²) in [6.07, 6.45) is 14.3. The van der Waals surface area contributed by atoms with Crippen LogP contribution in [0.15, 0.2) is 11.6 Å². The highest BCUT2D eigenvalue weighted by atomic mass is 16.3. The van der Waals surface area contributed by atoms with Crippen molar-refractivity contribution in [2.45, 2.75) is 97.5 Å². The smallest absolute Gasteiger partial charge is 0.129 e. The Balaban J connectivity index is 1.49. The number of hydrogen-bond donors (Lipinski definition) is 1. The average molecular weight is 373 g/mol. The van der Waals surface area contributed by atoms with Gasteiger partial charge in [0.05, 0.1) is 5.60 Å². The van der Waals surface area contributed by atoms with Crippen LogP contribution in [0, 0.1) is 40.9 Å². The van der Waals surface area contributed by atoms with E-state index in [1.807, 2.05) is 6.92 Å². The Kier molecular flexibility index (Phi) is 5.11. The lowest BCUT2D eigenvalue weighted by molar-refractivity contribution is -0.117. The molecular weight excluding hydrogens is 332 g/mol. The van der Waals surface area contributed by atoms with Gasteiger partial charge in [0.1, 0.15) is 5.78 Å². The normalized spacial score (nSPS) is 47.4. The summed E-state index contributed by atoms with van der Waals surface area (Å²) in [7, 11) is 0. The number of carbonyl (C=O) groups excluding carboxylic acids is 1. The lowest BCUT2D eigenvalue weighted by atomic mass is 9.49. The first-order valence-corrected chi connectivity index (χ1v) is 11.6. The SMILES string of the molecule is CC(=O)CC[C@@H](C)[C@H]1CCC2C3CC=C4C[C@@](C)(O)CC[C@]4(C)C3CCC21. The van der Waals surface area contributed by atoms with Gasteiger partial charge in [-0.15, -0.1) is 0 Å². The molecule has 0 spiro atoms. The molecule has 0 heterocycles. The van der Waals surface area contributed by atoms with Crippen LogP contribution < -0.4 is 0 Å². The summed E-state index contributed by atoms with van der Waals surface area (Å²) in [5.41, 5.74) is 1.43. The third-order valence-electron chi connectivity index (χ3n) is 9.44. The first kappa shape index (κ1) is 19.7. The minimum absolute atomic E-state index is 0.342. The molecule has 1 N–H and O–H groups in total. The summed E-state index contributed by atoms with van der Waals surface area (Å²) >= 11 is 0. The van der Waals surface area contributed by atoms with Crippen LogP contribution in [0.4, 0.5) is 0 Å². The highest BCUT2D eigenvalue weighted by Gasteiger charge is 2.55. The van der Waals surface area contributed by atoms with Crippen molar-refractivity contribution in [1.82, 2.24) is 0 Å². The van der Waals surface area contributed by atoms with Crippen molar-refractivity contribution < 1.29 is 9.90 Å². The van der Waals surface area contributed by atoms with Crippen LogP contribution in [0.1, 0.15) is 91.9 Å². The van der Waals surface area contributed by atoms with Gasteiger partial charge >= 0.3 is 0 Å². The van der Waals surface area contributed by atoms with Crippen molar-refractivity contribution in [3.05, 3.63) is 11.6 Å². The monoisotopic (exact) mass is 372 g/mol. The second-order valence-electron chi connectivity index (χ2n) is 11.2. The van der Waals surface area contributed by atoms with Crippen LogP contribution in [0.3, 0.4) is 0 Å². The average Bonchev–Trinajstić information content (AvgIpc) is 3.04. The second-order valence-corrected chi connectivity index (χ2v) is 11.2. The van der Waals surface area contributed by atoms with E-state index in [0.717, 1.165) is 55.3 Å². The maximum absolute atomic E-state index is 11.4. The van der Waals surface area contributed by atoms with Crippen LogP contribution in [-0.4, -0.2) is 16.5 Å². The summed E-state index contributed by atoms with van der Waals surface area (Å²) in [6, 6.07) is 0. The van der Waals surface area contributed by atoms with Crippen molar-refractivity contribution in [2.75, 3.05) is 0 Å². The van der Waals surface area contributed by atoms with Gasteiger partial charge < -0.3 is 9.90 Å². The molecule has 0 aromatic carbocycles. The van der Waals surface area contributed by atoms with Crippen molar-refractivity contribution in [3.63, 3.8) is 0 Å². The Morgan fingerprint density at radius 3 is 2.63 bits per heavy atom. The van der Waals surface area contributed by atoms with Crippen molar-refractivity contribution in [2.24, 2.45) is 40.9 Å². The van der Waals surface area contributed by atoms with Gasteiger partial charge in [-0.3, -0.25) is 0 Å². The number of fused-ring (bicyclic) bond motifs is 5. The van der Waals surface area contributed by atoms with E-state index < -0.39 is 5.60 Å². The lowest BCUT2D eigenvalue weighted by Crippen LogP contribution is -2.49. The predicted octanol–water partition coefficient (Wildman–Crippen LogP) is 5.93. The standard InChI is InChI=1S/C25H40O2/c1-16(5-6-17(2)26)19-9-10-21-20(19)11-12-23-22(21)8-7-18-15-24(3,27)13-14-25(18,23)4/h7,16,19-23,27H,5-6,8-15H2,1-4H3/t16-,19-,20?,21?,22?,23?,24+,25+/m1/s1. The van der Waals surface area contributed by atoms with Crippen LogP contribution in [0.5, 0.6) is 0 Å². The highest BCUT2D eigenvalue weighted by Crippen LogP contribution is 2.63. The first-order valence-electron chi connectivity index (χ1n) is 11.6. The minimum Gasteiger partial charge on any atom is -0.390 e. The number of carbonyl (C=O) groups is 1. The fourth-order valence-electron chi connectivity index (χ4n) is 7.85. The van der Waals surface area contributed by atoms with Gasteiger partial charge in [0.25, 0.3) is 0 Å². The molecule has 0 aliphatic heterocycles. The third kappa shape index (κ3) is 3.45. The molecule has 0 aromatic rings. The Labute approximate surface area is 166 Å². The molecule has 4 aliphatic rings. The summed E-state index contributed by atoms with van der Waals surface area (Å²) in [5, 5.41) is 10.6. The molecule has 0 saturated heterocycles. The Hall–Kier alpha value is -0.630. The summed E-state index contributed by atoms with van der Waals surface area (Å²) in [4.78, 5) is 11.4. The van der Waals surface area contributed by atoms with E-state index in [1.165, 1.54) is 38.5 Å². The molecule has 2 nitrogen and oxygen atoms in total. The van der Waals surface area contributed by atoms with E-state index in [-0.39, 0.29) is 0 Å². The van der Waals surface area contributed by atoms with E-state index in [4.69, 9.17) is 0 Å². The summed E-state index contributed by atoms with van der Waals surface area (Å²) in [5.74, 6) is 5.41. The second kappa shape index (κ2) is 7.01. The van der Waals surface area contributed by atoms with E-state index in [9.17, 15) is 9.90 Å². The Morgan fingerprint density at radius 1 is 1.15 bits per heavy atom. The molecule has 4 unspecified atom stereocenters. The molecule has 0 bridgehead atoms. The molecule has 27 heavy (non-hydrogen) atoms. The molecule has 8 atom stereocenters. The fourth-order valence-corrected chi connectivity index (χ4v) is 7.85. The van der Waals surface area contributed by atoms with Gasteiger partial charge in [-0.25, -0.2) is 0 Å². The van der Waals surface area contributed by atoms with Gasteiger partial charge in [-0.1, -0.05) is 25.5 Å². The molecule has 0 amide bonds. The van der Waals surface area contributed by atoms with Crippen LogP contribution in [0.2, 0.25) is 0 Å². The van der Waals surface area contributed by atoms with Crippen LogP contribution in [0.25, 0.3) is 0 Å². The number of hydrogen-bond acceptors (Lipinski definition) is 2. The predicted molar refractivity (Wildman–Crippen MR) is 110 cm³/mol. The zero-order valence-electron chi connectivity index (χ0n) is 18.0. The van der Waals surface area contributed by atoms with E-state index in [2.05, 4.69) is 19.9 Å². The third-order valence-corrected chi connectivity index (χ3v) is 9.44. The van der Waals surface area contributed by atoms with Gasteiger partial charge in [0, 0.05) is 6.42 Å². The maximum Gasteiger partial charge on any atom is 0.129 e. The minimum atomic E-state index is -0.486. The Bertz CT molecular complexity index is 618. The molecule has 3 fully saturated rings. The topological polar surface area (TPSA) is 37.3 Å². The van der Waals surface area contributed by atoms with Gasteiger partial charge in [-0.05, 0) is 113 Å².